The first-order chi connectivity index (χ1) is 14.5. The number of rotatable bonds is 10. The highest BCUT2D eigenvalue weighted by Gasteiger charge is 2.36. The van der Waals surface area contributed by atoms with Gasteiger partial charge in [-0.1, -0.05) is 13.3 Å². The molecular formula is C24H40N4O2. The number of carbonyl (C=O) groups excluding carboxylic acids is 1. The number of ether oxygens (including phenoxy) is 1. The summed E-state index contributed by atoms with van der Waals surface area (Å²) in [6, 6.07) is 9.19. The van der Waals surface area contributed by atoms with E-state index in [1.807, 2.05) is 29.2 Å². The number of likely N-dealkylation sites (N-methyl/N-ethyl adjacent to an activating group) is 2. The number of unbranched alkanes of at least 4 members (excludes halogenated alkanes) is 1. The summed E-state index contributed by atoms with van der Waals surface area (Å²) in [7, 11) is 6.50. The zero-order valence-corrected chi connectivity index (χ0v) is 19.3. The fourth-order valence-corrected chi connectivity index (χ4v) is 4.54. The first-order valence-electron chi connectivity index (χ1n) is 11.7. The van der Waals surface area contributed by atoms with Crippen LogP contribution in [0.4, 0.5) is 10.5 Å². The number of urea groups is 1. The van der Waals surface area contributed by atoms with Gasteiger partial charge in [0.25, 0.3) is 0 Å². The average molecular weight is 417 g/mol. The Morgan fingerprint density at radius 3 is 2.33 bits per heavy atom. The molecule has 1 aliphatic heterocycles. The molecule has 1 aliphatic carbocycles. The highest BCUT2D eigenvalue weighted by molar-refractivity contribution is 5.94. The van der Waals surface area contributed by atoms with Crippen LogP contribution in [0, 0.1) is 0 Å². The van der Waals surface area contributed by atoms with E-state index in [0.717, 1.165) is 69.9 Å². The average Bonchev–Trinajstić information content (AvgIpc) is 3.14. The van der Waals surface area contributed by atoms with E-state index >= 15 is 0 Å². The maximum absolute atomic E-state index is 13.1. The summed E-state index contributed by atoms with van der Waals surface area (Å²) in [5.41, 5.74) is 0.974. The molecule has 0 spiro atoms. The number of carbonyl (C=O) groups is 1. The van der Waals surface area contributed by atoms with Crippen molar-refractivity contribution < 1.29 is 9.53 Å². The topological polar surface area (TPSA) is 39.3 Å². The molecule has 0 bridgehead atoms. The van der Waals surface area contributed by atoms with Crippen molar-refractivity contribution in [2.24, 2.45) is 0 Å². The minimum absolute atomic E-state index is 0.166. The lowest BCUT2D eigenvalue weighted by molar-refractivity contribution is 0.127. The molecule has 0 N–H and O–H groups in total. The number of hydrogen-bond acceptors (Lipinski definition) is 4. The van der Waals surface area contributed by atoms with Gasteiger partial charge in [0.1, 0.15) is 5.75 Å². The Labute approximate surface area is 182 Å². The van der Waals surface area contributed by atoms with Crippen LogP contribution < -0.4 is 9.64 Å². The predicted octanol–water partition coefficient (Wildman–Crippen LogP) is 3.91. The number of amides is 2. The van der Waals surface area contributed by atoms with Gasteiger partial charge in [-0.2, -0.15) is 0 Å². The number of hydrogen-bond donors (Lipinski definition) is 0. The molecule has 6 nitrogen and oxygen atoms in total. The maximum atomic E-state index is 13.1. The molecule has 168 valence electrons. The van der Waals surface area contributed by atoms with Crippen LogP contribution in [0.2, 0.25) is 0 Å². The van der Waals surface area contributed by atoms with E-state index in [4.69, 9.17) is 4.74 Å². The van der Waals surface area contributed by atoms with Gasteiger partial charge in [-0.15, -0.1) is 0 Å². The lowest BCUT2D eigenvalue weighted by Gasteiger charge is -2.38. The number of nitrogens with zero attached hydrogens (tertiary/aromatic N) is 4. The molecule has 1 saturated heterocycles. The van der Waals surface area contributed by atoms with Gasteiger partial charge in [-0.3, -0.25) is 4.90 Å². The Morgan fingerprint density at radius 1 is 1.00 bits per heavy atom. The van der Waals surface area contributed by atoms with Crippen LogP contribution in [0.3, 0.4) is 0 Å². The Balaban J connectivity index is 1.49. The van der Waals surface area contributed by atoms with E-state index in [-0.39, 0.29) is 6.03 Å². The Morgan fingerprint density at radius 2 is 1.70 bits per heavy atom. The van der Waals surface area contributed by atoms with Crippen molar-refractivity contribution in [1.29, 1.82) is 0 Å². The monoisotopic (exact) mass is 416 g/mol. The van der Waals surface area contributed by atoms with Gasteiger partial charge in [0.2, 0.25) is 0 Å². The lowest BCUT2D eigenvalue weighted by atomic mass is 9.89. The summed E-state index contributed by atoms with van der Waals surface area (Å²) >= 11 is 0. The minimum Gasteiger partial charge on any atom is -0.494 e. The highest BCUT2D eigenvalue weighted by Crippen LogP contribution is 2.30. The molecule has 30 heavy (non-hydrogen) atoms. The molecule has 3 rings (SSSR count). The maximum Gasteiger partial charge on any atom is 0.324 e. The van der Waals surface area contributed by atoms with Crippen LogP contribution in [0.15, 0.2) is 24.3 Å². The van der Waals surface area contributed by atoms with Gasteiger partial charge in [-0.25, -0.2) is 4.79 Å². The van der Waals surface area contributed by atoms with Gasteiger partial charge in [0.15, 0.2) is 0 Å². The Bertz CT molecular complexity index is 656. The first-order valence-corrected chi connectivity index (χ1v) is 11.7. The molecule has 2 aliphatic rings. The van der Waals surface area contributed by atoms with Crippen LogP contribution >= 0.6 is 0 Å². The quantitative estimate of drug-likeness (QED) is 0.542. The van der Waals surface area contributed by atoms with E-state index in [1.165, 1.54) is 12.8 Å². The van der Waals surface area contributed by atoms with Gasteiger partial charge in [-0.05, 0) is 77.5 Å². The van der Waals surface area contributed by atoms with Crippen LogP contribution in [0.1, 0.15) is 45.4 Å². The molecule has 1 saturated carbocycles. The summed E-state index contributed by atoms with van der Waals surface area (Å²) in [5.74, 6) is 0.882. The van der Waals surface area contributed by atoms with Crippen LogP contribution in [-0.4, -0.2) is 86.7 Å². The zero-order chi connectivity index (χ0) is 21.5. The van der Waals surface area contributed by atoms with Crippen molar-refractivity contribution in [3.05, 3.63) is 24.3 Å². The standard InChI is InChI=1S/C24H40N4O2/c1-5-6-19-30-23-13-11-22(12-14-23)28-18-17-27(24(28)29)21-9-7-20(8-10-21)26(4)16-15-25(2)3/h11-14,20-21H,5-10,15-19H2,1-4H3. The van der Waals surface area contributed by atoms with Crippen molar-refractivity contribution in [1.82, 2.24) is 14.7 Å². The zero-order valence-electron chi connectivity index (χ0n) is 19.3. The fraction of sp³-hybridized carbons (Fsp3) is 0.708. The van der Waals surface area contributed by atoms with Gasteiger partial charge >= 0.3 is 6.03 Å². The number of benzene rings is 1. The first kappa shape index (κ1) is 22.9. The molecule has 6 heteroatoms. The molecule has 1 aromatic carbocycles. The third-order valence-electron chi connectivity index (χ3n) is 6.59. The second kappa shape index (κ2) is 11.0. The number of anilines is 1. The molecule has 1 aromatic rings. The SMILES string of the molecule is CCCCOc1ccc(N2CCN(C3CCC(N(C)CCN(C)C)CC3)C2=O)cc1. The van der Waals surface area contributed by atoms with Crippen LogP contribution in [0.25, 0.3) is 0 Å². The van der Waals surface area contributed by atoms with E-state index in [2.05, 4.69) is 42.8 Å². The van der Waals surface area contributed by atoms with Gasteiger partial charge in [0, 0.05) is 44.0 Å². The highest BCUT2D eigenvalue weighted by atomic mass is 16.5. The summed E-state index contributed by atoms with van der Waals surface area (Å²) < 4.78 is 5.75. The van der Waals surface area contributed by atoms with Crippen LogP contribution in [0.5, 0.6) is 5.75 Å². The molecule has 0 unspecified atom stereocenters. The van der Waals surface area contributed by atoms with Crippen molar-refractivity contribution in [3.8, 4) is 5.75 Å². The second-order valence-corrected chi connectivity index (χ2v) is 9.07. The molecular weight excluding hydrogens is 376 g/mol. The molecule has 2 amide bonds. The molecule has 2 fully saturated rings. The van der Waals surface area contributed by atoms with Crippen LogP contribution in [-0.2, 0) is 0 Å². The van der Waals surface area contributed by atoms with Gasteiger partial charge in [0.05, 0.1) is 6.61 Å². The summed E-state index contributed by atoms with van der Waals surface area (Å²) in [4.78, 5) is 21.9. The minimum atomic E-state index is 0.166. The Hall–Kier alpha value is -1.79. The third-order valence-corrected chi connectivity index (χ3v) is 6.59. The molecule has 0 radical (unpaired) electrons. The molecule has 1 heterocycles. The fourth-order valence-electron chi connectivity index (χ4n) is 4.54. The van der Waals surface area contributed by atoms with Gasteiger partial charge < -0.3 is 19.4 Å². The largest absolute Gasteiger partial charge is 0.494 e. The van der Waals surface area contributed by atoms with Crippen molar-refractivity contribution >= 4 is 11.7 Å². The summed E-state index contributed by atoms with van der Waals surface area (Å²) in [6.45, 7) is 6.72. The van der Waals surface area contributed by atoms with E-state index < -0.39 is 0 Å². The predicted molar refractivity (Wildman–Crippen MR) is 124 cm³/mol. The lowest BCUT2D eigenvalue weighted by Crippen LogP contribution is -2.45. The second-order valence-electron chi connectivity index (χ2n) is 9.07. The van der Waals surface area contributed by atoms with E-state index in [0.29, 0.717) is 12.1 Å². The third kappa shape index (κ3) is 5.88. The van der Waals surface area contributed by atoms with Crippen molar-refractivity contribution in [2.45, 2.75) is 57.5 Å². The molecule has 0 aromatic heterocycles. The van der Waals surface area contributed by atoms with Crippen molar-refractivity contribution in [2.75, 3.05) is 58.8 Å². The normalized spacial score (nSPS) is 22.4. The van der Waals surface area contributed by atoms with E-state index in [1.54, 1.807) is 0 Å². The Kier molecular flexibility index (Phi) is 8.40. The molecule has 0 atom stereocenters. The summed E-state index contributed by atoms with van der Waals surface area (Å²) in [6.07, 6.45) is 6.78. The smallest absolute Gasteiger partial charge is 0.324 e. The van der Waals surface area contributed by atoms with Crippen molar-refractivity contribution in [3.63, 3.8) is 0 Å². The van der Waals surface area contributed by atoms with E-state index in [9.17, 15) is 4.79 Å². The summed E-state index contributed by atoms with van der Waals surface area (Å²) in [5, 5.41) is 0.